The summed E-state index contributed by atoms with van der Waals surface area (Å²) in [7, 11) is 1.92. The number of rotatable bonds is 4. The number of halogens is 1. The molecule has 0 aliphatic heterocycles. The molecule has 2 atom stereocenters. The van der Waals surface area contributed by atoms with Crippen molar-refractivity contribution in [2.75, 3.05) is 0 Å². The van der Waals surface area contributed by atoms with Crippen molar-refractivity contribution in [3.05, 3.63) is 52.8 Å². The van der Waals surface area contributed by atoms with Crippen LogP contribution in [0.15, 0.2) is 36.7 Å². The van der Waals surface area contributed by atoms with E-state index in [0.29, 0.717) is 0 Å². The van der Waals surface area contributed by atoms with Crippen LogP contribution in [0.3, 0.4) is 0 Å². The highest BCUT2D eigenvalue weighted by Gasteiger charge is 2.14. The van der Waals surface area contributed by atoms with Gasteiger partial charge in [-0.2, -0.15) is 5.10 Å². The molecule has 1 aromatic heterocycles. The van der Waals surface area contributed by atoms with Crippen molar-refractivity contribution in [2.24, 2.45) is 7.05 Å². The molecule has 0 saturated carbocycles. The summed E-state index contributed by atoms with van der Waals surface area (Å²) in [6, 6.07) is 8.37. The van der Waals surface area contributed by atoms with Crippen LogP contribution >= 0.6 is 11.6 Å². The molecule has 0 radical (unpaired) electrons. The second-order valence-corrected chi connectivity index (χ2v) is 4.99. The smallest absolute Gasteiger partial charge is 0.0537 e. The zero-order valence-electron chi connectivity index (χ0n) is 10.9. The van der Waals surface area contributed by atoms with Gasteiger partial charge in [0.05, 0.1) is 6.20 Å². The van der Waals surface area contributed by atoms with Gasteiger partial charge in [-0.15, -0.1) is 0 Å². The molecule has 96 valence electrons. The fraction of sp³-hybridized carbons (Fsp3) is 0.357. The molecule has 2 aromatic rings. The van der Waals surface area contributed by atoms with Crippen LogP contribution in [0.4, 0.5) is 0 Å². The first kappa shape index (κ1) is 13.1. The predicted molar refractivity (Wildman–Crippen MR) is 74.6 cm³/mol. The predicted octanol–water partition coefficient (Wildman–Crippen LogP) is 3.49. The molecule has 0 spiro atoms. The Bertz CT molecular complexity index is 521. The van der Waals surface area contributed by atoms with Gasteiger partial charge in [0, 0.05) is 35.9 Å². The molecular formula is C14H18ClN3. The van der Waals surface area contributed by atoms with Crippen molar-refractivity contribution in [3.63, 3.8) is 0 Å². The minimum Gasteiger partial charge on any atom is -0.303 e. The van der Waals surface area contributed by atoms with Gasteiger partial charge in [0.2, 0.25) is 0 Å². The van der Waals surface area contributed by atoms with Crippen LogP contribution in [0.25, 0.3) is 0 Å². The highest BCUT2D eigenvalue weighted by molar-refractivity contribution is 6.31. The first-order valence-electron chi connectivity index (χ1n) is 6.07. The maximum atomic E-state index is 6.20. The molecule has 1 unspecified atom stereocenters. The summed E-state index contributed by atoms with van der Waals surface area (Å²) in [6.45, 7) is 4.25. The summed E-state index contributed by atoms with van der Waals surface area (Å²) in [5.41, 5.74) is 2.30. The second kappa shape index (κ2) is 5.55. The standard InChI is InChI=1S/C14H18ClN3/c1-10(12-8-16-18(3)9-12)17-11(2)13-6-4-5-7-14(13)15/h4-11,17H,1-3H3/t10?,11-/m1/s1. The summed E-state index contributed by atoms with van der Waals surface area (Å²) < 4.78 is 1.81. The summed E-state index contributed by atoms with van der Waals surface area (Å²) in [6.07, 6.45) is 3.91. The number of aryl methyl sites for hydroxylation is 1. The topological polar surface area (TPSA) is 29.9 Å². The molecule has 1 N–H and O–H groups in total. The molecule has 0 aliphatic carbocycles. The second-order valence-electron chi connectivity index (χ2n) is 4.58. The third-order valence-electron chi connectivity index (χ3n) is 3.10. The normalized spacial score (nSPS) is 14.4. The van der Waals surface area contributed by atoms with Gasteiger partial charge >= 0.3 is 0 Å². The quantitative estimate of drug-likeness (QED) is 0.915. The third kappa shape index (κ3) is 2.92. The lowest BCUT2D eigenvalue weighted by Gasteiger charge is -2.20. The first-order valence-corrected chi connectivity index (χ1v) is 6.44. The Morgan fingerprint density at radius 3 is 2.56 bits per heavy atom. The molecule has 18 heavy (non-hydrogen) atoms. The van der Waals surface area contributed by atoms with Gasteiger partial charge in [-0.25, -0.2) is 0 Å². The fourth-order valence-corrected chi connectivity index (χ4v) is 2.35. The lowest BCUT2D eigenvalue weighted by atomic mass is 10.1. The first-order chi connectivity index (χ1) is 8.58. The van der Waals surface area contributed by atoms with E-state index >= 15 is 0 Å². The van der Waals surface area contributed by atoms with E-state index in [2.05, 4.69) is 30.3 Å². The maximum absolute atomic E-state index is 6.20. The average molecular weight is 264 g/mol. The molecular weight excluding hydrogens is 246 g/mol. The minimum atomic E-state index is 0.203. The number of hydrogen-bond acceptors (Lipinski definition) is 2. The molecule has 0 amide bonds. The van der Waals surface area contributed by atoms with Crippen molar-refractivity contribution in [1.29, 1.82) is 0 Å². The summed E-state index contributed by atoms with van der Waals surface area (Å²) in [4.78, 5) is 0. The van der Waals surface area contributed by atoms with Crippen LogP contribution in [0.2, 0.25) is 5.02 Å². The van der Waals surface area contributed by atoms with E-state index < -0.39 is 0 Å². The Morgan fingerprint density at radius 1 is 1.22 bits per heavy atom. The molecule has 2 rings (SSSR count). The van der Waals surface area contributed by atoms with Gasteiger partial charge in [-0.3, -0.25) is 4.68 Å². The van der Waals surface area contributed by atoms with Gasteiger partial charge in [0.1, 0.15) is 0 Å². The Kier molecular flexibility index (Phi) is 4.04. The van der Waals surface area contributed by atoms with Crippen LogP contribution in [0, 0.1) is 0 Å². The van der Waals surface area contributed by atoms with Crippen LogP contribution in [0.5, 0.6) is 0 Å². The summed E-state index contributed by atoms with van der Waals surface area (Å²) in [5.74, 6) is 0. The van der Waals surface area contributed by atoms with Crippen LogP contribution < -0.4 is 5.32 Å². The van der Waals surface area contributed by atoms with Gasteiger partial charge < -0.3 is 5.32 Å². The van der Waals surface area contributed by atoms with Crippen molar-refractivity contribution < 1.29 is 0 Å². The molecule has 0 saturated heterocycles. The largest absolute Gasteiger partial charge is 0.303 e. The summed E-state index contributed by atoms with van der Waals surface area (Å²) >= 11 is 6.20. The zero-order chi connectivity index (χ0) is 13.1. The summed E-state index contributed by atoms with van der Waals surface area (Å²) in [5, 5.41) is 8.52. The number of aromatic nitrogens is 2. The average Bonchev–Trinajstić information content (AvgIpc) is 2.76. The Morgan fingerprint density at radius 2 is 1.94 bits per heavy atom. The van der Waals surface area contributed by atoms with E-state index in [1.807, 2.05) is 42.3 Å². The number of benzene rings is 1. The van der Waals surface area contributed by atoms with Crippen molar-refractivity contribution in [1.82, 2.24) is 15.1 Å². The van der Waals surface area contributed by atoms with Crippen LogP contribution in [-0.2, 0) is 7.05 Å². The molecule has 0 bridgehead atoms. The Hall–Kier alpha value is -1.32. The maximum Gasteiger partial charge on any atom is 0.0537 e. The minimum absolute atomic E-state index is 0.203. The Balaban J connectivity index is 2.08. The van der Waals surface area contributed by atoms with E-state index in [4.69, 9.17) is 11.6 Å². The number of nitrogens with one attached hydrogen (secondary N) is 1. The zero-order valence-corrected chi connectivity index (χ0v) is 11.6. The number of nitrogens with zero attached hydrogens (tertiary/aromatic N) is 2. The molecule has 1 heterocycles. The molecule has 4 heteroatoms. The monoisotopic (exact) mass is 263 g/mol. The van der Waals surface area contributed by atoms with Crippen LogP contribution in [0.1, 0.15) is 37.1 Å². The van der Waals surface area contributed by atoms with Crippen molar-refractivity contribution in [3.8, 4) is 0 Å². The van der Waals surface area contributed by atoms with Gasteiger partial charge in [0.25, 0.3) is 0 Å². The number of hydrogen-bond donors (Lipinski definition) is 1. The lowest BCUT2D eigenvalue weighted by molar-refractivity contribution is 0.494. The van der Waals surface area contributed by atoms with E-state index in [9.17, 15) is 0 Å². The van der Waals surface area contributed by atoms with Gasteiger partial charge in [-0.05, 0) is 25.5 Å². The SMILES string of the molecule is CC(N[C@H](C)c1ccccc1Cl)c1cnn(C)c1. The molecule has 1 aromatic carbocycles. The lowest BCUT2D eigenvalue weighted by Crippen LogP contribution is -2.22. The highest BCUT2D eigenvalue weighted by Crippen LogP contribution is 2.24. The highest BCUT2D eigenvalue weighted by atomic mass is 35.5. The van der Waals surface area contributed by atoms with Crippen LogP contribution in [-0.4, -0.2) is 9.78 Å². The molecule has 0 fully saturated rings. The molecule has 0 aliphatic rings. The van der Waals surface area contributed by atoms with Crippen molar-refractivity contribution >= 4 is 11.6 Å². The van der Waals surface area contributed by atoms with E-state index in [0.717, 1.165) is 10.6 Å². The van der Waals surface area contributed by atoms with E-state index in [-0.39, 0.29) is 12.1 Å². The van der Waals surface area contributed by atoms with Gasteiger partial charge in [0.15, 0.2) is 0 Å². The van der Waals surface area contributed by atoms with Crippen molar-refractivity contribution in [2.45, 2.75) is 25.9 Å². The fourth-order valence-electron chi connectivity index (χ4n) is 2.05. The molecule has 3 nitrogen and oxygen atoms in total. The van der Waals surface area contributed by atoms with Gasteiger partial charge in [-0.1, -0.05) is 29.8 Å². The third-order valence-corrected chi connectivity index (χ3v) is 3.44. The van der Waals surface area contributed by atoms with E-state index in [1.54, 1.807) is 0 Å². The Labute approximate surface area is 113 Å². The van der Waals surface area contributed by atoms with E-state index in [1.165, 1.54) is 5.56 Å².